The number of nitrogens with one attached hydrogen (secondary N) is 1. The first-order chi connectivity index (χ1) is 12.6. The van der Waals surface area contributed by atoms with Gasteiger partial charge in [0, 0.05) is 24.3 Å². The van der Waals surface area contributed by atoms with Gasteiger partial charge in [0.25, 0.3) is 5.91 Å². The quantitative estimate of drug-likeness (QED) is 0.606. The van der Waals surface area contributed by atoms with Gasteiger partial charge in [-0.3, -0.25) is 4.79 Å². The summed E-state index contributed by atoms with van der Waals surface area (Å²) in [5.74, 6) is 1.26. The zero-order chi connectivity index (χ0) is 18.4. The Bertz CT molecular complexity index is 741. The van der Waals surface area contributed by atoms with Crippen molar-refractivity contribution in [3.8, 4) is 5.75 Å². The summed E-state index contributed by atoms with van der Waals surface area (Å²) in [6.45, 7) is 7.12. The lowest BCUT2D eigenvalue weighted by atomic mass is 10.0. The third kappa shape index (κ3) is 4.66. The Balaban J connectivity index is 1.42. The molecular formula is C22H26N2O2. The molecule has 136 valence electrons. The van der Waals surface area contributed by atoms with Gasteiger partial charge in [0.2, 0.25) is 0 Å². The molecule has 1 heterocycles. The smallest absolute Gasteiger partial charge is 0.251 e. The highest BCUT2D eigenvalue weighted by atomic mass is 16.5. The van der Waals surface area contributed by atoms with E-state index >= 15 is 0 Å². The molecule has 2 aromatic carbocycles. The van der Waals surface area contributed by atoms with Crippen LogP contribution in [0.25, 0.3) is 0 Å². The molecule has 0 spiro atoms. The topological polar surface area (TPSA) is 41.6 Å². The van der Waals surface area contributed by atoms with Crippen molar-refractivity contribution in [2.45, 2.75) is 19.8 Å². The molecule has 0 radical (unpaired) electrons. The molecule has 1 aliphatic rings. The Morgan fingerprint density at radius 1 is 1.04 bits per heavy atom. The Labute approximate surface area is 155 Å². The summed E-state index contributed by atoms with van der Waals surface area (Å²) in [7, 11) is 0. The minimum atomic E-state index is -0.0742. The van der Waals surface area contributed by atoms with Crippen molar-refractivity contribution in [1.29, 1.82) is 0 Å². The van der Waals surface area contributed by atoms with Gasteiger partial charge in [-0.15, -0.1) is 0 Å². The molecule has 0 fully saturated rings. The monoisotopic (exact) mass is 350 g/mol. The highest BCUT2D eigenvalue weighted by Gasteiger charge is 2.09. The average Bonchev–Trinajstić information content (AvgIpc) is 3.20. The maximum Gasteiger partial charge on any atom is 0.251 e. The third-order valence-electron chi connectivity index (χ3n) is 4.52. The van der Waals surface area contributed by atoms with Gasteiger partial charge in [-0.1, -0.05) is 38.1 Å². The van der Waals surface area contributed by atoms with Crippen molar-refractivity contribution in [2.24, 2.45) is 0 Å². The van der Waals surface area contributed by atoms with Crippen molar-refractivity contribution in [2.75, 3.05) is 31.1 Å². The van der Waals surface area contributed by atoms with Gasteiger partial charge in [-0.05, 0) is 47.9 Å². The summed E-state index contributed by atoms with van der Waals surface area (Å²) in [6.07, 6.45) is 4.30. The standard InChI is InChI=1S/C22H26N2O2/c1-17(2)18-7-11-21(12-8-18)26-16-13-23-22(25)19-5-9-20(10-6-19)24-14-3-4-15-24/h3-12,17H,13-16H2,1-2H3,(H,23,25). The summed E-state index contributed by atoms with van der Waals surface area (Å²) in [5, 5.41) is 2.90. The zero-order valence-electron chi connectivity index (χ0n) is 15.4. The number of amides is 1. The van der Waals surface area contributed by atoms with Gasteiger partial charge in [0.15, 0.2) is 0 Å². The molecule has 0 aromatic heterocycles. The summed E-state index contributed by atoms with van der Waals surface area (Å²) in [6, 6.07) is 15.8. The number of hydrogen-bond acceptors (Lipinski definition) is 3. The molecule has 1 aliphatic heterocycles. The maximum atomic E-state index is 12.2. The van der Waals surface area contributed by atoms with Gasteiger partial charge in [0.05, 0.1) is 6.54 Å². The second kappa shape index (κ2) is 8.56. The van der Waals surface area contributed by atoms with E-state index in [4.69, 9.17) is 4.74 Å². The molecule has 0 unspecified atom stereocenters. The van der Waals surface area contributed by atoms with Gasteiger partial charge in [-0.25, -0.2) is 0 Å². The van der Waals surface area contributed by atoms with Crippen LogP contribution in [0.5, 0.6) is 5.75 Å². The predicted molar refractivity (Wildman–Crippen MR) is 106 cm³/mol. The fraction of sp³-hybridized carbons (Fsp3) is 0.318. The lowest BCUT2D eigenvalue weighted by Crippen LogP contribution is -2.28. The highest BCUT2D eigenvalue weighted by Crippen LogP contribution is 2.19. The first-order valence-electron chi connectivity index (χ1n) is 9.14. The van der Waals surface area contributed by atoms with E-state index in [9.17, 15) is 4.79 Å². The van der Waals surface area contributed by atoms with E-state index in [1.165, 1.54) is 5.56 Å². The van der Waals surface area contributed by atoms with Crippen LogP contribution in [0.1, 0.15) is 35.7 Å². The van der Waals surface area contributed by atoms with Crippen molar-refractivity contribution in [3.05, 3.63) is 71.8 Å². The van der Waals surface area contributed by atoms with Gasteiger partial charge in [0.1, 0.15) is 12.4 Å². The zero-order valence-corrected chi connectivity index (χ0v) is 15.4. The summed E-state index contributed by atoms with van der Waals surface area (Å²) in [4.78, 5) is 14.5. The molecule has 1 amide bonds. The fourth-order valence-electron chi connectivity index (χ4n) is 2.90. The lowest BCUT2D eigenvalue weighted by Gasteiger charge is -2.17. The van der Waals surface area contributed by atoms with Crippen molar-refractivity contribution in [1.82, 2.24) is 5.32 Å². The summed E-state index contributed by atoms with van der Waals surface area (Å²) >= 11 is 0. The average molecular weight is 350 g/mol. The van der Waals surface area contributed by atoms with Crippen LogP contribution in [-0.4, -0.2) is 32.1 Å². The fourth-order valence-corrected chi connectivity index (χ4v) is 2.90. The normalized spacial score (nSPS) is 13.3. The molecule has 4 heteroatoms. The largest absolute Gasteiger partial charge is 0.492 e. The molecule has 0 saturated carbocycles. The van der Waals surface area contributed by atoms with Crippen LogP contribution in [0.15, 0.2) is 60.7 Å². The minimum absolute atomic E-state index is 0.0742. The summed E-state index contributed by atoms with van der Waals surface area (Å²) in [5.41, 5.74) is 3.10. The van der Waals surface area contributed by atoms with E-state index in [1.807, 2.05) is 36.4 Å². The van der Waals surface area contributed by atoms with Gasteiger partial charge >= 0.3 is 0 Å². The molecule has 0 atom stereocenters. The minimum Gasteiger partial charge on any atom is -0.492 e. The molecule has 4 nitrogen and oxygen atoms in total. The van der Waals surface area contributed by atoms with Crippen molar-refractivity contribution in [3.63, 3.8) is 0 Å². The molecule has 1 N–H and O–H groups in total. The van der Waals surface area contributed by atoms with Crippen LogP contribution in [-0.2, 0) is 0 Å². The Morgan fingerprint density at radius 3 is 2.31 bits per heavy atom. The first kappa shape index (κ1) is 18.1. The molecule has 0 aliphatic carbocycles. The number of benzene rings is 2. The van der Waals surface area contributed by atoms with Crippen LogP contribution in [0.2, 0.25) is 0 Å². The van der Waals surface area contributed by atoms with Crippen LogP contribution in [0.3, 0.4) is 0 Å². The van der Waals surface area contributed by atoms with Crippen LogP contribution < -0.4 is 15.0 Å². The summed E-state index contributed by atoms with van der Waals surface area (Å²) < 4.78 is 5.69. The number of ether oxygens (including phenoxy) is 1. The van der Waals surface area contributed by atoms with E-state index in [0.717, 1.165) is 24.5 Å². The second-order valence-corrected chi connectivity index (χ2v) is 6.75. The molecule has 2 aromatic rings. The van der Waals surface area contributed by atoms with E-state index in [-0.39, 0.29) is 5.91 Å². The Hall–Kier alpha value is -2.75. The number of nitrogens with zero attached hydrogens (tertiary/aromatic N) is 1. The van der Waals surface area contributed by atoms with Crippen LogP contribution in [0.4, 0.5) is 5.69 Å². The number of hydrogen-bond donors (Lipinski definition) is 1. The van der Waals surface area contributed by atoms with Crippen molar-refractivity contribution < 1.29 is 9.53 Å². The second-order valence-electron chi connectivity index (χ2n) is 6.75. The Morgan fingerprint density at radius 2 is 1.69 bits per heavy atom. The molecule has 26 heavy (non-hydrogen) atoms. The SMILES string of the molecule is CC(C)c1ccc(OCCNC(=O)c2ccc(N3CC=CC3)cc2)cc1. The van der Waals surface area contributed by atoms with Crippen LogP contribution in [0, 0.1) is 0 Å². The van der Waals surface area contributed by atoms with Crippen LogP contribution >= 0.6 is 0 Å². The van der Waals surface area contributed by atoms with E-state index in [2.05, 4.69) is 48.3 Å². The number of rotatable bonds is 7. The van der Waals surface area contributed by atoms with Crippen molar-refractivity contribution >= 4 is 11.6 Å². The van der Waals surface area contributed by atoms with E-state index in [0.29, 0.717) is 24.6 Å². The molecule has 0 bridgehead atoms. The number of anilines is 1. The van der Waals surface area contributed by atoms with Gasteiger partial charge in [-0.2, -0.15) is 0 Å². The predicted octanol–water partition coefficient (Wildman–Crippen LogP) is 4.00. The Kier molecular flexibility index (Phi) is 5.95. The number of carbonyl (C=O) groups excluding carboxylic acids is 1. The van der Waals surface area contributed by atoms with E-state index < -0.39 is 0 Å². The van der Waals surface area contributed by atoms with E-state index in [1.54, 1.807) is 0 Å². The molecule has 0 saturated heterocycles. The lowest BCUT2D eigenvalue weighted by molar-refractivity contribution is 0.0947. The van der Waals surface area contributed by atoms with Gasteiger partial charge < -0.3 is 15.0 Å². The molecule has 3 rings (SSSR count). The first-order valence-corrected chi connectivity index (χ1v) is 9.14. The third-order valence-corrected chi connectivity index (χ3v) is 4.52. The highest BCUT2D eigenvalue weighted by molar-refractivity contribution is 5.94. The number of carbonyl (C=O) groups is 1. The molecular weight excluding hydrogens is 324 g/mol. The maximum absolute atomic E-state index is 12.2.